The molecule has 6 heteroatoms. The van der Waals surface area contributed by atoms with Crippen molar-refractivity contribution in [2.75, 3.05) is 6.61 Å². The largest absolute Gasteiger partial charge is 0.491 e. The van der Waals surface area contributed by atoms with Crippen LogP contribution < -0.4 is 4.74 Å². The van der Waals surface area contributed by atoms with Gasteiger partial charge in [0.05, 0.1) is 6.54 Å². The van der Waals surface area contributed by atoms with Gasteiger partial charge in [0, 0.05) is 5.56 Å². The normalized spacial score (nSPS) is 12.1. The summed E-state index contributed by atoms with van der Waals surface area (Å²) in [4.78, 5) is 10.5. The molecule has 1 atom stereocenters. The van der Waals surface area contributed by atoms with E-state index in [2.05, 4.69) is 10.2 Å². The van der Waals surface area contributed by atoms with Crippen molar-refractivity contribution in [1.29, 1.82) is 0 Å². The zero-order valence-corrected chi connectivity index (χ0v) is 9.64. The van der Waals surface area contributed by atoms with E-state index >= 15 is 0 Å². The monoisotopic (exact) mass is 247 g/mol. The third-order valence-electron chi connectivity index (χ3n) is 2.35. The van der Waals surface area contributed by atoms with Crippen molar-refractivity contribution in [2.24, 2.45) is 0 Å². The maximum Gasteiger partial charge on any atom is 0.150 e. The Balaban J connectivity index is 1.81. The number of rotatable bonds is 6. The maximum atomic E-state index is 10.5. The van der Waals surface area contributed by atoms with Crippen LogP contribution in [0.2, 0.25) is 0 Å². The average molecular weight is 247 g/mol. The Kier molecular flexibility index (Phi) is 4.03. The number of nitrogens with zero attached hydrogens (tertiary/aromatic N) is 3. The molecule has 6 nitrogen and oxygen atoms in total. The molecule has 1 aromatic heterocycles. The smallest absolute Gasteiger partial charge is 0.150 e. The third kappa shape index (κ3) is 3.39. The molecule has 0 radical (unpaired) electrons. The van der Waals surface area contributed by atoms with E-state index in [1.807, 2.05) is 0 Å². The van der Waals surface area contributed by atoms with Crippen molar-refractivity contribution in [1.82, 2.24) is 14.8 Å². The van der Waals surface area contributed by atoms with E-state index in [-0.39, 0.29) is 6.61 Å². The summed E-state index contributed by atoms with van der Waals surface area (Å²) in [6.45, 7) is 0.540. The molecule has 0 amide bonds. The number of aromatic nitrogens is 3. The number of hydrogen-bond donors (Lipinski definition) is 1. The number of aliphatic hydroxyl groups excluding tert-OH is 1. The van der Waals surface area contributed by atoms with Crippen molar-refractivity contribution < 1.29 is 14.6 Å². The van der Waals surface area contributed by atoms with Crippen LogP contribution in [0.5, 0.6) is 5.75 Å². The molecule has 1 N–H and O–H groups in total. The predicted octanol–water partition coefficient (Wildman–Crippen LogP) is 0.531. The Morgan fingerprint density at radius 1 is 1.28 bits per heavy atom. The third-order valence-corrected chi connectivity index (χ3v) is 2.35. The zero-order valence-electron chi connectivity index (χ0n) is 9.64. The van der Waals surface area contributed by atoms with Crippen molar-refractivity contribution >= 4 is 6.29 Å². The molecular formula is C12H13N3O3. The molecule has 0 aliphatic heterocycles. The van der Waals surface area contributed by atoms with Gasteiger partial charge in [0.15, 0.2) is 0 Å². The molecule has 0 aliphatic rings. The van der Waals surface area contributed by atoms with Gasteiger partial charge in [-0.1, -0.05) is 0 Å². The standard InChI is InChI=1S/C12H13N3O3/c16-6-10-1-3-12(4-2-10)18-7-11(17)5-15-8-13-14-9-15/h1-4,6,8-9,11,17H,5,7H2/t11-/m1/s1. The topological polar surface area (TPSA) is 77.2 Å². The molecule has 2 rings (SSSR count). The van der Waals surface area contributed by atoms with Gasteiger partial charge in [0.1, 0.15) is 37.4 Å². The highest BCUT2D eigenvalue weighted by Gasteiger charge is 2.06. The summed E-state index contributed by atoms with van der Waals surface area (Å²) in [5.74, 6) is 0.614. The van der Waals surface area contributed by atoms with Crippen LogP contribution >= 0.6 is 0 Å². The molecule has 0 saturated heterocycles. The molecule has 0 bridgehead atoms. The first-order valence-corrected chi connectivity index (χ1v) is 5.46. The fraction of sp³-hybridized carbons (Fsp3) is 0.250. The minimum atomic E-state index is -0.647. The summed E-state index contributed by atoms with van der Waals surface area (Å²) in [6.07, 6.45) is 3.18. The Morgan fingerprint density at radius 3 is 2.56 bits per heavy atom. The number of ether oxygens (including phenoxy) is 1. The van der Waals surface area contributed by atoms with Gasteiger partial charge in [-0.25, -0.2) is 0 Å². The first-order valence-electron chi connectivity index (χ1n) is 5.46. The van der Waals surface area contributed by atoms with Gasteiger partial charge < -0.3 is 14.4 Å². The highest BCUT2D eigenvalue weighted by atomic mass is 16.5. The Bertz CT molecular complexity index is 482. The lowest BCUT2D eigenvalue weighted by Crippen LogP contribution is -2.23. The molecule has 0 aliphatic carbocycles. The second-order valence-corrected chi connectivity index (χ2v) is 3.81. The van der Waals surface area contributed by atoms with Gasteiger partial charge in [-0.05, 0) is 24.3 Å². The minimum absolute atomic E-state index is 0.165. The van der Waals surface area contributed by atoms with Crippen LogP contribution in [-0.2, 0) is 6.54 Å². The number of benzene rings is 1. The molecule has 0 saturated carbocycles. The molecule has 2 aromatic rings. The van der Waals surface area contributed by atoms with E-state index in [4.69, 9.17) is 4.74 Å². The van der Waals surface area contributed by atoms with E-state index in [1.54, 1.807) is 28.8 Å². The van der Waals surface area contributed by atoms with E-state index in [1.165, 1.54) is 12.7 Å². The zero-order chi connectivity index (χ0) is 12.8. The Morgan fingerprint density at radius 2 is 1.94 bits per heavy atom. The summed E-state index contributed by atoms with van der Waals surface area (Å²) < 4.78 is 7.07. The van der Waals surface area contributed by atoms with E-state index in [0.29, 0.717) is 17.9 Å². The lowest BCUT2D eigenvalue weighted by atomic mass is 10.2. The van der Waals surface area contributed by atoms with E-state index < -0.39 is 6.10 Å². The van der Waals surface area contributed by atoms with Gasteiger partial charge in [-0.15, -0.1) is 10.2 Å². The SMILES string of the molecule is O=Cc1ccc(OC[C@H](O)Cn2cnnc2)cc1. The van der Waals surface area contributed by atoms with Crippen LogP contribution in [0.25, 0.3) is 0 Å². The molecule has 1 aromatic carbocycles. The fourth-order valence-corrected chi connectivity index (χ4v) is 1.45. The van der Waals surface area contributed by atoms with Gasteiger partial charge in [-0.3, -0.25) is 4.79 Å². The van der Waals surface area contributed by atoms with Crippen LogP contribution in [-0.4, -0.2) is 38.9 Å². The highest BCUT2D eigenvalue weighted by molar-refractivity contribution is 5.74. The second-order valence-electron chi connectivity index (χ2n) is 3.81. The molecule has 18 heavy (non-hydrogen) atoms. The van der Waals surface area contributed by atoms with Crippen molar-refractivity contribution in [2.45, 2.75) is 12.6 Å². The molecule has 0 spiro atoms. The van der Waals surface area contributed by atoms with Gasteiger partial charge in [-0.2, -0.15) is 0 Å². The molecule has 94 valence electrons. The van der Waals surface area contributed by atoms with Gasteiger partial charge in [0.2, 0.25) is 0 Å². The lowest BCUT2D eigenvalue weighted by Gasteiger charge is -2.12. The van der Waals surface area contributed by atoms with E-state index in [9.17, 15) is 9.90 Å². The number of carbonyl (C=O) groups excluding carboxylic acids is 1. The quantitative estimate of drug-likeness (QED) is 0.753. The number of aliphatic hydroxyl groups is 1. The van der Waals surface area contributed by atoms with Crippen LogP contribution in [0, 0.1) is 0 Å². The second kappa shape index (κ2) is 5.92. The summed E-state index contributed by atoms with van der Waals surface area (Å²) >= 11 is 0. The van der Waals surface area contributed by atoms with Crippen LogP contribution in [0.1, 0.15) is 10.4 Å². The number of carbonyl (C=O) groups is 1. The highest BCUT2D eigenvalue weighted by Crippen LogP contribution is 2.11. The van der Waals surface area contributed by atoms with Crippen molar-refractivity contribution in [3.05, 3.63) is 42.5 Å². The molecular weight excluding hydrogens is 234 g/mol. The number of aldehydes is 1. The maximum absolute atomic E-state index is 10.5. The summed E-state index contributed by atoms with van der Waals surface area (Å²) in [7, 11) is 0. The number of hydrogen-bond acceptors (Lipinski definition) is 5. The fourth-order valence-electron chi connectivity index (χ4n) is 1.45. The van der Waals surface area contributed by atoms with Crippen molar-refractivity contribution in [3.63, 3.8) is 0 Å². The first-order chi connectivity index (χ1) is 8.78. The van der Waals surface area contributed by atoms with Crippen LogP contribution in [0.3, 0.4) is 0 Å². The Labute approximate surface area is 104 Å². The lowest BCUT2D eigenvalue weighted by molar-refractivity contribution is 0.0923. The Hall–Kier alpha value is -2.21. The van der Waals surface area contributed by atoms with Gasteiger partial charge >= 0.3 is 0 Å². The first kappa shape index (κ1) is 12.3. The molecule has 1 heterocycles. The van der Waals surface area contributed by atoms with Crippen LogP contribution in [0.4, 0.5) is 0 Å². The molecule has 0 unspecified atom stereocenters. The summed E-state index contributed by atoms with van der Waals surface area (Å²) in [5.41, 5.74) is 0.590. The summed E-state index contributed by atoms with van der Waals surface area (Å²) in [6, 6.07) is 6.70. The van der Waals surface area contributed by atoms with E-state index in [0.717, 1.165) is 6.29 Å². The summed E-state index contributed by atoms with van der Waals surface area (Å²) in [5, 5.41) is 17.0. The van der Waals surface area contributed by atoms with Gasteiger partial charge in [0.25, 0.3) is 0 Å². The van der Waals surface area contributed by atoms with Crippen molar-refractivity contribution in [3.8, 4) is 5.75 Å². The predicted molar refractivity (Wildman–Crippen MR) is 63.4 cm³/mol. The van der Waals surface area contributed by atoms with Crippen LogP contribution in [0.15, 0.2) is 36.9 Å². The minimum Gasteiger partial charge on any atom is -0.491 e. The average Bonchev–Trinajstić information content (AvgIpc) is 2.90. The molecule has 0 fully saturated rings.